The van der Waals surface area contributed by atoms with E-state index in [4.69, 9.17) is 4.74 Å². The Kier molecular flexibility index (Phi) is 6.47. The van der Waals surface area contributed by atoms with Gasteiger partial charge < -0.3 is 19.1 Å². The molecule has 12 heteroatoms. The molecule has 0 spiro atoms. The number of halogens is 2. The van der Waals surface area contributed by atoms with Crippen LogP contribution in [0.4, 0.5) is 14.7 Å². The van der Waals surface area contributed by atoms with Crippen molar-refractivity contribution in [2.24, 2.45) is 0 Å². The van der Waals surface area contributed by atoms with Gasteiger partial charge >= 0.3 is 6.61 Å². The molecule has 8 nitrogen and oxygen atoms in total. The number of hydrogen-bond acceptors (Lipinski definition) is 7. The highest BCUT2D eigenvalue weighted by molar-refractivity contribution is 8.31. The quantitative estimate of drug-likeness (QED) is 0.412. The van der Waals surface area contributed by atoms with Crippen LogP contribution >= 0.6 is 0 Å². The van der Waals surface area contributed by atoms with Gasteiger partial charge in [-0.3, -0.25) is 0 Å². The predicted molar refractivity (Wildman–Crippen MR) is 138 cm³/mol. The maximum atomic E-state index is 13.1. The summed E-state index contributed by atoms with van der Waals surface area (Å²) < 4.78 is 43.9. The number of imidazole rings is 1. The number of aliphatic hydroxyl groups excluding tert-OH is 1. The molecule has 4 heterocycles. The fourth-order valence-electron chi connectivity index (χ4n) is 5.08. The molecule has 2 aliphatic rings. The Bertz CT molecular complexity index is 1510. The van der Waals surface area contributed by atoms with E-state index in [-0.39, 0.29) is 21.1 Å². The van der Waals surface area contributed by atoms with Gasteiger partial charge in [-0.15, -0.1) is 0 Å². The summed E-state index contributed by atoms with van der Waals surface area (Å²) in [6.45, 7) is -1.41. The Morgan fingerprint density at radius 3 is 2.57 bits per heavy atom. The molecule has 4 aromatic rings. The minimum Gasteiger partial charge on any atom is -0.435 e. The average Bonchev–Trinajstić information content (AvgIpc) is 3.46. The van der Waals surface area contributed by atoms with Crippen molar-refractivity contribution in [2.45, 2.75) is 25.1 Å². The highest BCUT2D eigenvalue weighted by Gasteiger charge is 2.37. The first-order valence-electron chi connectivity index (χ1n) is 11.8. The molecule has 0 unspecified atom stereocenters. The van der Waals surface area contributed by atoms with Gasteiger partial charge in [-0.25, -0.2) is 19.2 Å². The lowest BCUT2D eigenvalue weighted by Gasteiger charge is -2.27. The summed E-state index contributed by atoms with van der Waals surface area (Å²) in [4.78, 5) is 15.9. The zero-order chi connectivity index (χ0) is 25.5. The van der Waals surface area contributed by atoms with Gasteiger partial charge in [-0.05, 0) is 24.6 Å². The first kappa shape index (κ1) is 24.1. The summed E-state index contributed by atoms with van der Waals surface area (Å²) in [5.74, 6) is 2.07. The number of alkyl halides is 2. The van der Waals surface area contributed by atoms with Crippen LogP contribution in [0, 0.1) is 0 Å². The van der Waals surface area contributed by atoms with E-state index in [1.54, 1.807) is 30.6 Å². The van der Waals surface area contributed by atoms with Crippen LogP contribution in [-0.4, -0.2) is 59.9 Å². The standard InChI is InChI=1S/C25H23F2N5O3S2/c26-24(27)35-20-4-2-1-3-17(20)18-11-19(33)22-23(18)32-14-15(5-6-21(32)30-22)16-12-28-25(29-13-16)31-7-9-37(36-34)10-8-31/h1-6,12-14,18-19,24,33H,7-11H2/t18-,19-/m1/s1. The molecule has 1 aliphatic heterocycles. The summed E-state index contributed by atoms with van der Waals surface area (Å²) in [6, 6.07) is 10.5. The molecule has 1 saturated heterocycles. The van der Waals surface area contributed by atoms with E-state index >= 15 is 0 Å². The minimum atomic E-state index is -2.94. The van der Waals surface area contributed by atoms with E-state index in [9.17, 15) is 18.1 Å². The van der Waals surface area contributed by atoms with Crippen LogP contribution in [0.2, 0.25) is 0 Å². The van der Waals surface area contributed by atoms with Gasteiger partial charge in [-0.1, -0.05) is 27.7 Å². The van der Waals surface area contributed by atoms with E-state index < -0.39 is 12.7 Å². The van der Waals surface area contributed by atoms with Crippen molar-refractivity contribution in [3.8, 4) is 16.9 Å². The molecule has 37 heavy (non-hydrogen) atoms. The Morgan fingerprint density at radius 1 is 1.08 bits per heavy atom. The SMILES string of the molecule is O=S=S1CCN(c2ncc(-c3ccc4nc5c(n4c3)[C@@H](c3ccccc3OC(F)F)C[C@H]5O)cn2)CC1. The maximum Gasteiger partial charge on any atom is 0.387 e. The van der Waals surface area contributed by atoms with E-state index in [0.717, 1.165) is 41.4 Å². The van der Waals surface area contributed by atoms with E-state index in [1.807, 2.05) is 22.7 Å². The monoisotopic (exact) mass is 543 g/mol. The number of fused-ring (bicyclic) bond motifs is 3. The number of aliphatic hydroxyl groups is 1. The van der Waals surface area contributed by atoms with Crippen LogP contribution in [-0.2, 0) is 19.7 Å². The van der Waals surface area contributed by atoms with Gasteiger partial charge in [0.15, 0.2) is 0 Å². The second-order valence-electron chi connectivity index (χ2n) is 8.92. The largest absolute Gasteiger partial charge is 0.435 e. The van der Waals surface area contributed by atoms with E-state index in [2.05, 4.69) is 19.9 Å². The van der Waals surface area contributed by atoms with E-state index in [0.29, 0.717) is 39.5 Å². The number of rotatable bonds is 5. The molecule has 1 aliphatic carbocycles. The van der Waals surface area contributed by atoms with Crippen molar-refractivity contribution < 1.29 is 22.8 Å². The van der Waals surface area contributed by atoms with Gasteiger partial charge in [0.05, 0.1) is 17.5 Å². The molecular weight excluding hydrogens is 520 g/mol. The number of para-hydroxylation sites is 1. The number of aromatic nitrogens is 4. The number of nitrogens with zero attached hydrogens (tertiary/aromatic N) is 5. The molecule has 0 radical (unpaired) electrons. The molecule has 2 atom stereocenters. The molecule has 0 bridgehead atoms. The molecule has 1 fully saturated rings. The Hall–Kier alpha value is -3.22. The van der Waals surface area contributed by atoms with Crippen molar-refractivity contribution in [1.82, 2.24) is 19.4 Å². The van der Waals surface area contributed by atoms with Crippen LogP contribution in [0.15, 0.2) is 55.0 Å². The number of ether oxygens (including phenoxy) is 1. The molecule has 0 saturated carbocycles. The van der Waals surface area contributed by atoms with Crippen LogP contribution in [0.1, 0.15) is 35.4 Å². The Morgan fingerprint density at radius 2 is 1.84 bits per heavy atom. The lowest BCUT2D eigenvalue weighted by atomic mass is 9.95. The van der Waals surface area contributed by atoms with Gasteiger partial charge in [0, 0.05) is 65.8 Å². The summed E-state index contributed by atoms with van der Waals surface area (Å²) >= 11 is 0. The van der Waals surface area contributed by atoms with Crippen LogP contribution in [0.25, 0.3) is 16.8 Å². The number of benzene rings is 1. The highest BCUT2D eigenvalue weighted by atomic mass is 32.8. The third-order valence-corrected chi connectivity index (χ3v) is 9.87. The molecule has 3 aromatic heterocycles. The second-order valence-corrected chi connectivity index (χ2v) is 12.6. The van der Waals surface area contributed by atoms with Crippen molar-refractivity contribution in [3.05, 3.63) is 71.9 Å². The number of pyridine rings is 1. The summed E-state index contributed by atoms with van der Waals surface area (Å²) in [6.07, 6.45) is 4.98. The van der Waals surface area contributed by atoms with Gasteiger partial charge in [0.1, 0.15) is 21.6 Å². The summed E-state index contributed by atoms with van der Waals surface area (Å²) in [7, 11) is 0.580. The van der Waals surface area contributed by atoms with Gasteiger partial charge in [-0.2, -0.15) is 8.78 Å². The Labute approximate surface area is 216 Å². The number of anilines is 1. The smallest absolute Gasteiger partial charge is 0.387 e. The third kappa shape index (κ3) is 4.53. The van der Waals surface area contributed by atoms with Crippen molar-refractivity contribution in [1.29, 1.82) is 0 Å². The molecule has 0 amide bonds. The molecular formula is C25H23F2N5O3S2. The Balaban J connectivity index is 1.34. The van der Waals surface area contributed by atoms with Crippen molar-refractivity contribution in [2.75, 3.05) is 29.5 Å². The minimum absolute atomic E-state index is 0.0936. The van der Waals surface area contributed by atoms with Crippen molar-refractivity contribution >= 4 is 31.3 Å². The number of hydrogen-bond donors (Lipinski definition) is 1. The fourth-order valence-corrected chi connectivity index (χ4v) is 7.12. The normalized spacial score (nSPS) is 19.9. The molecule has 1 aromatic carbocycles. The summed E-state index contributed by atoms with van der Waals surface area (Å²) in [5, 5.41) is 10.8. The molecule has 1 N–H and O–H groups in total. The fraction of sp³-hybridized carbons (Fsp3) is 0.320. The van der Waals surface area contributed by atoms with Crippen LogP contribution in [0.3, 0.4) is 0 Å². The third-order valence-electron chi connectivity index (χ3n) is 6.83. The lowest BCUT2D eigenvalue weighted by Crippen LogP contribution is -2.38. The zero-order valence-electron chi connectivity index (χ0n) is 19.5. The first-order chi connectivity index (χ1) is 18.0. The first-order valence-corrected chi connectivity index (χ1v) is 14.6. The summed E-state index contributed by atoms with van der Waals surface area (Å²) in [5.41, 5.74) is 4.21. The molecule has 6 rings (SSSR count). The second kappa shape index (κ2) is 9.92. The topological polar surface area (TPSA) is 92.9 Å². The van der Waals surface area contributed by atoms with Crippen LogP contribution in [0.5, 0.6) is 5.75 Å². The van der Waals surface area contributed by atoms with Gasteiger partial charge in [0.2, 0.25) is 5.95 Å². The van der Waals surface area contributed by atoms with Gasteiger partial charge in [0.25, 0.3) is 0 Å². The average molecular weight is 544 g/mol. The highest BCUT2D eigenvalue weighted by Crippen LogP contribution is 2.47. The molecule has 192 valence electrons. The van der Waals surface area contributed by atoms with E-state index in [1.165, 1.54) is 6.07 Å². The maximum absolute atomic E-state index is 13.1. The lowest BCUT2D eigenvalue weighted by molar-refractivity contribution is -0.0506. The zero-order valence-corrected chi connectivity index (χ0v) is 21.2. The van der Waals surface area contributed by atoms with Crippen molar-refractivity contribution in [3.63, 3.8) is 0 Å². The van der Waals surface area contributed by atoms with Crippen LogP contribution < -0.4 is 9.64 Å². The predicted octanol–water partition coefficient (Wildman–Crippen LogP) is 3.53.